The van der Waals surface area contributed by atoms with Gasteiger partial charge in [0.2, 0.25) is 0 Å². The van der Waals surface area contributed by atoms with Crippen LogP contribution in [0.3, 0.4) is 0 Å². The van der Waals surface area contributed by atoms with E-state index in [1.807, 2.05) is 0 Å². The number of nitrogens with two attached hydrogens (primary N) is 1. The van der Waals surface area contributed by atoms with E-state index < -0.39 is 11.4 Å². The SMILES string of the molecule is CCCCOc1ccc(OS(=O)[O-])c(N)c1. The number of ether oxygens (including phenoxy) is 1. The summed E-state index contributed by atoms with van der Waals surface area (Å²) in [4.78, 5) is 0. The third kappa shape index (κ3) is 4.08. The summed E-state index contributed by atoms with van der Waals surface area (Å²) in [7, 11) is 0. The van der Waals surface area contributed by atoms with Crippen molar-refractivity contribution >= 4 is 17.0 Å². The van der Waals surface area contributed by atoms with Crippen LogP contribution in [0.2, 0.25) is 0 Å². The second-order valence-electron chi connectivity index (χ2n) is 3.19. The average molecular weight is 244 g/mol. The van der Waals surface area contributed by atoms with Gasteiger partial charge in [-0.05, 0) is 18.6 Å². The summed E-state index contributed by atoms with van der Waals surface area (Å²) >= 11 is -2.61. The summed E-state index contributed by atoms with van der Waals surface area (Å²) in [5.41, 5.74) is 5.83. The molecule has 0 radical (unpaired) electrons. The minimum atomic E-state index is -2.61. The lowest BCUT2D eigenvalue weighted by Crippen LogP contribution is -2.02. The van der Waals surface area contributed by atoms with Crippen LogP contribution in [0.25, 0.3) is 0 Å². The van der Waals surface area contributed by atoms with Crippen molar-refractivity contribution in [3.8, 4) is 11.5 Å². The molecule has 0 aliphatic heterocycles. The maximum Gasteiger partial charge on any atom is 0.162 e. The maximum absolute atomic E-state index is 10.3. The molecular weight excluding hydrogens is 230 g/mol. The molecule has 1 rings (SSSR count). The largest absolute Gasteiger partial charge is 0.740 e. The molecular formula is C10H14NO4S-. The highest BCUT2D eigenvalue weighted by atomic mass is 32.2. The normalized spacial score (nSPS) is 12.1. The third-order valence-electron chi connectivity index (χ3n) is 1.91. The van der Waals surface area contributed by atoms with Gasteiger partial charge in [-0.2, -0.15) is 0 Å². The molecule has 1 unspecified atom stereocenters. The topological polar surface area (TPSA) is 84.6 Å². The third-order valence-corrected chi connectivity index (χ3v) is 2.22. The first-order valence-electron chi connectivity index (χ1n) is 4.93. The van der Waals surface area contributed by atoms with Gasteiger partial charge in [0.1, 0.15) is 17.1 Å². The predicted octanol–water partition coefficient (Wildman–Crippen LogP) is 1.62. The van der Waals surface area contributed by atoms with Gasteiger partial charge >= 0.3 is 0 Å². The van der Waals surface area contributed by atoms with Crippen molar-refractivity contribution in [3.05, 3.63) is 18.2 Å². The average Bonchev–Trinajstić information content (AvgIpc) is 2.22. The number of hydrogen-bond acceptors (Lipinski definition) is 5. The van der Waals surface area contributed by atoms with Crippen molar-refractivity contribution in [2.24, 2.45) is 0 Å². The van der Waals surface area contributed by atoms with E-state index in [4.69, 9.17) is 10.5 Å². The van der Waals surface area contributed by atoms with E-state index in [1.165, 1.54) is 12.1 Å². The van der Waals surface area contributed by atoms with Crippen LogP contribution in [-0.4, -0.2) is 15.4 Å². The molecule has 1 atom stereocenters. The first kappa shape index (κ1) is 12.8. The highest BCUT2D eigenvalue weighted by molar-refractivity contribution is 7.74. The Balaban J connectivity index is 2.63. The van der Waals surface area contributed by atoms with Crippen LogP contribution in [0.1, 0.15) is 19.8 Å². The van der Waals surface area contributed by atoms with Crippen LogP contribution < -0.4 is 14.7 Å². The number of anilines is 1. The molecule has 0 aliphatic carbocycles. The molecule has 16 heavy (non-hydrogen) atoms. The summed E-state index contributed by atoms with van der Waals surface area (Å²) in [6.45, 7) is 2.68. The molecule has 1 aromatic rings. The van der Waals surface area contributed by atoms with Crippen LogP contribution in [0.15, 0.2) is 18.2 Å². The number of unbranched alkanes of at least 4 members (excludes halogenated alkanes) is 1. The highest BCUT2D eigenvalue weighted by Gasteiger charge is 2.03. The van der Waals surface area contributed by atoms with Gasteiger partial charge in [0, 0.05) is 6.07 Å². The second kappa shape index (κ2) is 6.34. The quantitative estimate of drug-likeness (QED) is 0.467. The van der Waals surface area contributed by atoms with Crippen LogP contribution in [0, 0.1) is 0 Å². The highest BCUT2D eigenvalue weighted by Crippen LogP contribution is 2.26. The van der Waals surface area contributed by atoms with Crippen LogP contribution in [-0.2, 0) is 11.4 Å². The van der Waals surface area contributed by atoms with Gasteiger partial charge in [0.25, 0.3) is 0 Å². The minimum absolute atomic E-state index is 0.108. The van der Waals surface area contributed by atoms with Crippen molar-refractivity contribution in [2.75, 3.05) is 12.3 Å². The van der Waals surface area contributed by atoms with Gasteiger partial charge in [-0.25, -0.2) is 4.21 Å². The zero-order valence-corrected chi connectivity index (χ0v) is 9.79. The van der Waals surface area contributed by atoms with Crippen molar-refractivity contribution in [2.45, 2.75) is 19.8 Å². The first-order valence-corrected chi connectivity index (χ1v) is 5.93. The lowest BCUT2D eigenvalue weighted by atomic mass is 10.3. The summed E-state index contributed by atoms with van der Waals surface area (Å²) in [5, 5.41) is 0. The summed E-state index contributed by atoms with van der Waals surface area (Å²) < 4.78 is 30.5. The second-order valence-corrected chi connectivity index (χ2v) is 3.76. The zero-order chi connectivity index (χ0) is 12.0. The summed E-state index contributed by atoms with van der Waals surface area (Å²) in [6.07, 6.45) is 2.01. The van der Waals surface area contributed by atoms with Crippen molar-refractivity contribution in [1.82, 2.24) is 0 Å². The molecule has 0 fully saturated rings. The number of benzene rings is 1. The molecule has 1 aromatic carbocycles. The lowest BCUT2D eigenvalue weighted by Gasteiger charge is -2.11. The minimum Gasteiger partial charge on any atom is -0.740 e. The Morgan fingerprint density at radius 1 is 1.50 bits per heavy atom. The molecule has 0 aromatic heterocycles. The van der Waals surface area contributed by atoms with E-state index in [-0.39, 0.29) is 11.4 Å². The molecule has 0 saturated carbocycles. The van der Waals surface area contributed by atoms with E-state index in [2.05, 4.69) is 11.1 Å². The smallest absolute Gasteiger partial charge is 0.162 e. The van der Waals surface area contributed by atoms with Gasteiger partial charge < -0.3 is 19.2 Å². The van der Waals surface area contributed by atoms with Gasteiger partial charge in [0.05, 0.1) is 12.3 Å². The predicted molar refractivity (Wildman–Crippen MR) is 60.8 cm³/mol. The molecule has 90 valence electrons. The van der Waals surface area contributed by atoms with Gasteiger partial charge in [0.15, 0.2) is 5.75 Å². The molecule has 2 N–H and O–H groups in total. The lowest BCUT2D eigenvalue weighted by molar-refractivity contribution is 0.309. The van der Waals surface area contributed by atoms with Crippen LogP contribution >= 0.6 is 0 Å². The molecule has 0 bridgehead atoms. The van der Waals surface area contributed by atoms with Gasteiger partial charge in [-0.1, -0.05) is 13.3 Å². The Hall–Kier alpha value is -1.27. The number of rotatable bonds is 6. The van der Waals surface area contributed by atoms with E-state index in [1.54, 1.807) is 6.07 Å². The monoisotopic (exact) mass is 244 g/mol. The van der Waals surface area contributed by atoms with E-state index in [9.17, 15) is 8.76 Å². The van der Waals surface area contributed by atoms with Gasteiger partial charge in [-0.3, -0.25) is 0 Å². The number of hydrogen-bond donors (Lipinski definition) is 1. The van der Waals surface area contributed by atoms with Crippen LogP contribution in [0.4, 0.5) is 5.69 Å². The standard InChI is InChI=1S/C10H15NO4S/c1-2-3-6-14-8-4-5-10(9(11)7-8)15-16(12)13/h4-5,7H,2-3,6,11H2,1H3,(H,12,13)/p-1. The molecule has 0 aliphatic rings. The fourth-order valence-corrected chi connectivity index (χ4v) is 1.40. The molecule has 5 nitrogen and oxygen atoms in total. The molecule has 0 saturated heterocycles. The van der Waals surface area contributed by atoms with E-state index >= 15 is 0 Å². The van der Waals surface area contributed by atoms with Crippen LogP contribution in [0.5, 0.6) is 11.5 Å². The Kier molecular flexibility index (Phi) is 5.07. The van der Waals surface area contributed by atoms with Gasteiger partial charge in [-0.15, -0.1) is 0 Å². The zero-order valence-electron chi connectivity index (χ0n) is 8.97. The molecule has 0 spiro atoms. The van der Waals surface area contributed by atoms with E-state index in [0.717, 1.165) is 12.8 Å². The van der Waals surface area contributed by atoms with Crippen molar-refractivity contribution < 1.29 is 17.7 Å². The Bertz CT molecular complexity index is 370. The molecule has 0 heterocycles. The Morgan fingerprint density at radius 3 is 2.81 bits per heavy atom. The molecule has 6 heteroatoms. The Morgan fingerprint density at radius 2 is 2.25 bits per heavy atom. The number of nitrogen functional groups attached to an aromatic ring is 1. The first-order chi connectivity index (χ1) is 7.63. The summed E-state index contributed by atoms with van der Waals surface area (Å²) in [5.74, 6) is 0.714. The Labute approximate surface area is 97.0 Å². The van der Waals surface area contributed by atoms with E-state index in [0.29, 0.717) is 12.4 Å². The van der Waals surface area contributed by atoms with Crippen molar-refractivity contribution in [1.29, 1.82) is 0 Å². The van der Waals surface area contributed by atoms with Crippen molar-refractivity contribution in [3.63, 3.8) is 0 Å². The maximum atomic E-state index is 10.3. The summed E-state index contributed by atoms with van der Waals surface area (Å²) in [6, 6.07) is 4.62. The fraction of sp³-hybridized carbons (Fsp3) is 0.400. The fourth-order valence-electron chi connectivity index (χ4n) is 1.10. The molecule has 0 amide bonds.